The van der Waals surface area contributed by atoms with Crippen LogP contribution in [0.15, 0.2) is 60.8 Å². The fraction of sp³-hybridized carbons (Fsp3) is 0.487. The molecule has 0 spiro atoms. The summed E-state index contributed by atoms with van der Waals surface area (Å²) in [6, 6.07) is 11.6. The molecule has 0 saturated heterocycles. The van der Waals surface area contributed by atoms with E-state index in [9.17, 15) is 28.8 Å². The van der Waals surface area contributed by atoms with Crippen molar-refractivity contribution in [2.45, 2.75) is 97.4 Å². The number of aliphatic carboxylic acids is 1. The number of H-pyrrole nitrogens is 1. The summed E-state index contributed by atoms with van der Waals surface area (Å²) in [5.74, 6) is -4.74. The molecule has 14 nitrogen and oxygen atoms in total. The molecule has 1 heterocycles. The second-order valence-corrected chi connectivity index (χ2v) is 14.6. The second kappa shape index (κ2) is 20.1. The van der Waals surface area contributed by atoms with Crippen LogP contribution in [-0.4, -0.2) is 82.3 Å². The Bertz CT molecular complexity index is 1710. The molecule has 0 bridgehead atoms. The lowest BCUT2D eigenvalue weighted by atomic mass is 9.98. The fourth-order valence-electron chi connectivity index (χ4n) is 5.98. The van der Waals surface area contributed by atoms with Crippen molar-refractivity contribution in [2.24, 2.45) is 23.5 Å². The lowest BCUT2D eigenvalue weighted by Crippen LogP contribution is -2.60. The molecule has 0 saturated carbocycles. The Balaban J connectivity index is 1.83. The number of carbonyl (C=O) groups is 6. The van der Waals surface area contributed by atoms with Crippen molar-refractivity contribution in [1.82, 2.24) is 31.6 Å². The van der Waals surface area contributed by atoms with Crippen LogP contribution in [0.4, 0.5) is 0 Å². The predicted molar refractivity (Wildman–Crippen MR) is 202 cm³/mol. The molecule has 5 amide bonds. The van der Waals surface area contributed by atoms with Gasteiger partial charge in [0.2, 0.25) is 29.5 Å². The number of carboxylic acid groups (broad SMARTS) is 1. The molecule has 3 rings (SSSR count). The van der Waals surface area contributed by atoms with E-state index >= 15 is 0 Å². The van der Waals surface area contributed by atoms with Crippen molar-refractivity contribution in [3.63, 3.8) is 0 Å². The molecule has 0 unspecified atom stereocenters. The van der Waals surface area contributed by atoms with E-state index in [0.717, 1.165) is 22.0 Å². The molecule has 0 aliphatic rings. The van der Waals surface area contributed by atoms with Crippen molar-refractivity contribution < 1.29 is 33.9 Å². The van der Waals surface area contributed by atoms with Crippen LogP contribution >= 0.6 is 0 Å². The number of para-hydroxylation sites is 1. The number of benzene rings is 2. The quantitative estimate of drug-likeness (QED) is 0.0857. The molecule has 0 radical (unpaired) electrons. The number of fused-ring (bicyclic) bond motifs is 1. The lowest BCUT2D eigenvalue weighted by Gasteiger charge is -2.29. The van der Waals surface area contributed by atoms with Crippen molar-refractivity contribution in [1.29, 1.82) is 0 Å². The molecule has 1 aromatic heterocycles. The van der Waals surface area contributed by atoms with Gasteiger partial charge < -0.3 is 42.4 Å². The third kappa shape index (κ3) is 13.4. The van der Waals surface area contributed by atoms with Gasteiger partial charge in [-0.1, -0.05) is 90.1 Å². The third-order valence-corrected chi connectivity index (χ3v) is 8.71. The van der Waals surface area contributed by atoms with Crippen LogP contribution in [0, 0.1) is 17.8 Å². The first kappa shape index (κ1) is 42.2. The van der Waals surface area contributed by atoms with Crippen LogP contribution in [0.1, 0.15) is 65.5 Å². The van der Waals surface area contributed by atoms with Gasteiger partial charge in [0, 0.05) is 23.5 Å². The molecule has 14 heteroatoms. The van der Waals surface area contributed by atoms with Crippen LogP contribution in [0.25, 0.3) is 10.9 Å². The summed E-state index contributed by atoms with van der Waals surface area (Å²) in [6.07, 6.45) is 2.59. The zero-order valence-corrected chi connectivity index (χ0v) is 31.4. The normalized spacial score (nSPS) is 14.2. The molecular weight excluding hydrogens is 678 g/mol. The summed E-state index contributed by atoms with van der Waals surface area (Å²) in [5, 5.41) is 23.3. The summed E-state index contributed by atoms with van der Waals surface area (Å²) in [7, 11) is 0. The predicted octanol–water partition coefficient (Wildman–Crippen LogP) is 2.17. The minimum atomic E-state index is -1.23. The maximum absolute atomic E-state index is 14.1. The standard InChI is InChI=1S/C39H55N7O7/c1-22(2)16-30(36(50)42-21-33(47)48)45-39(53)34(24(5)6)46-38(52)31(17-23(3)4)44-37(51)32(19-26-20-41-29-15-11-10-14-27(26)29)43-35(49)28(40)18-25-12-8-7-9-13-25/h7-15,20,22-24,28,30-32,34,41H,16-19,21,40H2,1-6H3,(H,42,50)(H,43,49)(H,44,51)(H,45,53)(H,46,52)(H,47,48)/t28-,30-,31-,32-,34-/m0/s1. The van der Waals surface area contributed by atoms with Crippen molar-refractivity contribution in [3.05, 3.63) is 71.9 Å². The van der Waals surface area contributed by atoms with Crippen LogP contribution in [0.5, 0.6) is 0 Å². The van der Waals surface area contributed by atoms with E-state index in [1.54, 1.807) is 20.0 Å². The SMILES string of the molecule is CC(C)C[C@H](NC(=O)[C@H](Cc1c[nH]c2ccccc12)NC(=O)[C@@H](N)Cc1ccccc1)C(=O)N[C@H](C(=O)N[C@@H](CC(C)C)C(=O)NCC(=O)O)C(C)C. The highest BCUT2D eigenvalue weighted by Crippen LogP contribution is 2.20. The number of nitrogens with two attached hydrogens (primary N) is 1. The summed E-state index contributed by atoms with van der Waals surface area (Å²) >= 11 is 0. The van der Waals surface area contributed by atoms with Gasteiger partial charge in [0.15, 0.2) is 0 Å². The van der Waals surface area contributed by atoms with Crippen LogP contribution < -0.4 is 32.3 Å². The average molecular weight is 734 g/mol. The Hall–Kier alpha value is -5.24. The van der Waals surface area contributed by atoms with Gasteiger partial charge in [0.05, 0.1) is 6.04 Å². The van der Waals surface area contributed by atoms with Crippen LogP contribution in [-0.2, 0) is 41.6 Å². The number of carbonyl (C=O) groups excluding carboxylic acids is 5. The average Bonchev–Trinajstić information content (AvgIpc) is 3.50. The van der Waals surface area contributed by atoms with Gasteiger partial charge in [-0.05, 0) is 54.2 Å². The number of carboxylic acids is 1. The van der Waals surface area contributed by atoms with E-state index in [2.05, 4.69) is 31.6 Å². The number of rotatable bonds is 20. The van der Waals surface area contributed by atoms with E-state index in [1.165, 1.54) is 0 Å². The van der Waals surface area contributed by atoms with Crippen molar-refractivity contribution >= 4 is 46.4 Å². The topological polar surface area (TPSA) is 225 Å². The first-order valence-electron chi connectivity index (χ1n) is 18.1. The number of hydrogen-bond donors (Lipinski definition) is 8. The van der Waals surface area contributed by atoms with Gasteiger partial charge in [-0.3, -0.25) is 28.8 Å². The van der Waals surface area contributed by atoms with Crippen molar-refractivity contribution in [3.8, 4) is 0 Å². The monoisotopic (exact) mass is 733 g/mol. The minimum absolute atomic E-state index is 0.0146. The zero-order valence-electron chi connectivity index (χ0n) is 31.4. The van der Waals surface area contributed by atoms with Gasteiger partial charge in [-0.2, -0.15) is 0 Å². The first-order valence-corrected chi connectivity index (χ1v) is 18.1. The number of hydrogen-bond acceptors (Lipinski definition) is 7. The molecular formula is C39H55N7O7. The van der Waals surface area contributed by atoms with Gasteiger partial charge >= 0.3 is 5.97 Å². The number of aromatic nitrogens is 1. The molecule has 288 valence electrons. The molecule has 2 aromatic carbocycles. The van der Waals surface area contributed by atoms with E-state index in [-0.39, 0.29) is 37.5 Å². The van der Waals surface area contributed by atoms with E-state index < -0.39 is 78.2 Å². The molecule has 5 atom stereocenters. The molecule has 0 aliphatic carbocycles. The molecule has 53 heavy (non-hydrogen) atoms. The summed E-state index contributed by atoms with van der Waals surface area (Å²) < 4.78 is 0. The zero-order chi connectivity index (χ0) is 39.2. The minimum Gasteiger partial charge on any atom is -0.480 e. The van der Waals surface area contributed by atoms with E-state index in [4.69, 9.17) is 10.8 Å². The van der Waals surface area contributed by atoms with Gasteiger partial charge in [-0.25, -0.2) is 0 Å². The van der Waals surface area contributed by atoms with Crippen LogP contribution in [0.2, 0.25) is 0 Å². The number of amides is 5. The summed E-state index contributed by atoms with van der Waals surface area (Å²) in [5.41, 5.74) is 8.80. The molecule has 0 fully saturated rings. The maximum atomic E-state index is 14.1. The number of aromatic amines is 1. The Morgan fingerprint density at radius 2 is 1.21 bits per heavy atom. The molecule has 0 aliphatic heterocycles. The van der Waals surface area contributed by atoms with Gasteiger partial charge in [0.25, 0.3) is 0 Å². The van der Waals surface area contributed by atoms with Crippen LogP contribution in [0.3, 0.4) is 0 Å². The van der Waals surface area contributed by atoms with Crippen molar-refractivity contribution in [2.75, 3.05) is 6.54 Å². The Morgan fingerprint density at radius 1 is 0.660 bits per heavy atom. The van der Waals surface area contributed by atoms with Gasteiger partial charge in [-0.15, -0.1) is 0 Å². The second-order valence-electron chi connectivity index (χ2n) is 14.6. The Morgan fingerprint density at radius 3 is 1.81 bits per heavy atom. The maximum Gasteiger partial charge on any atom is 0.322 e. The first-order chi connectivity index (χ1) is 25.0. The highest BCUT2D eigenvalue weighted by molar-refractivity contribution is 5.96. The Kier molecular flexibility index (Phi) is 16.0. The highest BCUT2D eigenvalue weighted by Gasteiger charge is 2.34. The molecule has 3 aromatic rings. The largest absolute Gasteiger partial charge is 0.480 e. The van der Waals surface area contributed by atoms with E-state index in [0.29, 0.717) is 0 Å². The number of nitrogens with one attached hydrogen (secondary N) is 6. The third-order valence-electron chi connectivity index (χ3n) is 8.71. The van der Waals surface area contributed by atoms with Gasteiger partial charge in [0.1, 0.15) is 30.7 Å². The fourth-order valence-corrected chi connectivity index (χ4v) is 5.98. The lowest BCUT2D eigenvalue weighted by molar-refractivity contribution is -0.139. The van der Waals surface area contributed by atoms with E-state index in [1.807, 2.05) is 82.3 Å². The smallest absolute Gasteiger partial charge is 0.322 e. The molecule has 9 N–H and O–H groups in total. The highest BCUT2D eigenvalue weighted by atomic mass is 16.4. The Labute approximate surface area is 310 Å². The summed E-state index contributed by atoms with van der Waals surface area (Å²) in [6.45, 7) is 10.3. The summed E-state index contributed by atoms with van der Waals surface area (Å²) in [4.78, 5) is 81.9.